The van der Waals surface area contributed by atoms with Crippen LogP contribution in [0.25, 0.3) is 0 Å². The van der Waals surface area contributed by atoms with Gasteiger partial charge < -0.3 is 14.8 Å². The first kappa shape index (κ1) is 24.2. The summed E-state index contributed by atoms with van der Waals surface area (Å²) in [5.74, 6) is 1.06. The molecule has 1 saturated heterocycles. The van der Waals surface area contributed by atoms with Crippen LogP contribution in [0.4, 0.5) is 5.69 Å². The van der Waals surface area contributed by atoms with E-state index in [1.54, 1.807) is 31.4 Å². The van der Waals surface area contributed by atoms with Gasteiger partial charge in [0.1, 0.15) is 11.8 Å². The van der Waals surface area contributed by atoms with Crippen LogP contribution in [-0.4, -0.2) is 35.8 Å². The SMILES string of the molecule is COc1ccccc1Oc1ccc(NC(=O)[C@H](Cc2ccccc2)N2C(=O)[C@@H]3[C@@H]4CC[C@@H](C4)[C@@H]3C2=O)cc1. The van der Waals surface area contributed by atoms with E-state index < -0.39 is 6.04 Å². The molecular weight excluding hydrogens is 480 g/mol. The molecule has 3 fully saturated rings. The van der Waals surface area contributed by atoms with Crippen molar-refractivity contribution in [2.24, 2.45) is 23.7 Å². The van der Waals surface area contributed by atoms with Crippen molar-refractivity contribution in [1.82, 2.24) is 4.90 Å². The second kappa shape index (κ2) is 9.97. The van der Waals surface area contributed by atoms with E-state index >= 15 is 0 Å². The number of fused-ring (bicyclic) bond motifs is 5. The summed E-state index contributed by atoms with van der Waals surface area (Å²) in [7, 11) is 1.58. The summed E-state index contributed by atoms with van der Waals surface area (Å²) < 4.78 is 11.3. The number of imide groups is 1. The average molecular weight is 511 g/mol. The lowest BCUT2D eigenvalue weighted by molar-refractivity contribution is -0.147. The maximum Gasteiger partial charge on any atom is 0.248 e. The summed E-state index contributed by atoms with van der Waals surface area (Å²) in [5.41, 5.74) is 1.45. The number of benzene rings is 3. The topological polar surface area (TPSA) is 84.9 Å². The Labute approximate surface area is 221 Å². The van der Waals surface area contributed by atoms with Gasteiger partial charge in [-0.3, -0.25) is 19.3 Å². The zero-order valence-corrected chi connectivity index (χ0v) is 21.2. The fourth-order valence-corrected chi connectivity index (χ4v) is 6.54. The molecule has 5 atom stereocenters. The third-order valence-electron chi connectivity index (χ3n) is 8.27. The van der Waals surface area contributed by atoms with Crippen molar-refractivity contribution >= 4 is 23.4 Å². The van der Waals surface area contributed by atoms with E-state index in [1.807, 2.05) is 54.6 Å². The van der Waals surface area contributed by atoms with Gasteiger partial charge in [0.15, 0.2) is 11.5 Å². The lowest BCUT2D eigenvalue weighted by atomic mass is 9.81. The molecule has 0 spiro atoms. The molecule has 3 aliphatic rings. The highest BCUT2D eigenvalue weighted by Gasteiger charge is 2.62. The van der Waals surface area contributed by atoms with E-state index in [0.29, 0.717) is 22.9 Å². The average Bonchev–Trinajstić information content (AvgIpc) is 3.63. The number of rotatable bonds is 8. The van der Waals surface area contributed by atoms with E-state index in [4.69, 9.17) is 9.47 Å². The van der Waals surface area contributed by atoms with Crippen molar-refractivity contribution in [2.45, 2.75) is 31.7 Å². The molecule has 1 N–H and O–H groups in total. The van der Waals surface area contributed by atoms with E-state index in [-0.39, 0.29) is 47.8 Å². The fourth-order valence-electron chi connectivity index (χ4n) is 6.54. The number of methoxy groups -OCH3 is 1. The Morgan fingerprint density at radius 1 is 0.868 bits per heavy atom. The van der Waals surface area contributed by atoms with E-state index in [0.717, 1.165) is 24.8 Å². The van der Waals surface area contributed by atoms with Gasteiger partial charge in [-0.05, 0) is 73.1 Å². The minimum Gasteiger partial charge on any atom is -0.493 e. The van der Waals surface area contributed by atoms with Crippen LogP contribution in [0.5, 0.6) is 17.2 Å². The first-order valence-corrected chi connectivity index (χ1v) is 13.2. The standard InChI is InChI=1S/C31H30N2O5/c1-37-25-9-5-6-10-26(25)38-23-15-13-22(14-16-23)32-29(34)24(17-19-7-3-2-4-8-19)33-30(35)27-20-11-12-21(18-20)28(27)31(33)36/h2-10,13-16,20-21,24,27-28H,11-12,17-18H2,1H3,(H,32,34)/t20-,21+,24-,27-,28+/m0/s1. The van der Waals surface area contributed by atoms with Gasteiger partial charge in [-0.2, -0.15) is 0 Å². The smallest absolute Gasteiger partial charge is 0.248 e. The molecule has 2 aliphatic carbocycles. The molecule has 0 aromatic heterocycles. The van der Waals surface area contributed by atoms with Gasteiger partial charge in [0.25, 0.3) is 0 Å². The highest BCUT2D eigenvalue weighted by molar-refractivity contribution is 6.10. The van der Waals surface area contributed by atoms with Crippen LogP contribution in [0.1, 0.15) is 24.8 Å². The molecule has 2 saturated carbocycles. The molecule has 7 nitrogen and oxygen atoms in total. The van der Waals surface area contributed by atoms with Crippen molar-refractivity contribution in [3.63, 3.8) is 0 Å². The van der Waals surface area contributed by atoms with Gasteiger partial charge in [0.05, 0.1) is 18.9 Å². The Bertz CT molecular complexity index is 1330. The van der Waals surface area contributed by atoms with Crippen LogP contribution in [0.3, 0.4) is 0 Å². The van der Waals surface area contributed by atoms with Crippen molar-refractivity contribution in [1.29, 1.82) is 0 Å². The molecule has 6 rings (SSSR count). The van der Waals surface area contributed by atoms with Crippen LogP contribution in [-0.2, 0) is 20.8 Å². The summed E-state index contributed by atoms with van der Waals surface area (Å²) in [6.07, 6.45) is 3.22. The lowest BCUT2D eigenvalue weighted by Crippen LogP contribution is -2.49. The summed E-state index contributed by atoms with van der Waals surface area (Å²) in [5, 5.41) is 2.93. The Morgan fingerprint density at radius 2 is 1.47 bits per heavy atom. The quantitative estimate of drug-likeness (QED) is 0.428. The number of likely N-dealkylation sites (tertiary alicyclic amines) is 1. The van der Waals surface area contributed by atoms with Gasteiger partial charge in [-0.1, -0.05) is 42.5 Å². The summed E-state index contributed by atoms with van der Waals surface area (Å²) in [4.78, 5) is 42.0. The Hall–Kier alpha value is -4.13. The number of anilines is 1. The molecular formula is C31H30N2O5. The van der Waals surface area contributed by atoms with Gasteiger partial charge in [-0.15, -0.1) is 0 Å². The van der Waals surface area contributed by atoms with Crippen LogP contribution >= 0.6 is 0 Å². The third kappa shape index (κ3) is 4.32. The largest absolute Gasteiger partial charge is 0.493 e. The van der Waals surface area contributed by atoms with Gasteiger partial charge in [0.2, 0.25) is 17.7 Å². The van der Waals surface area contributed by atoms with Crippen LogP contribution < -0.4 is 14.8 Å². The molecule has 0 radical (unpaired) electrons. The predicted molar refractivity (Wildman–Crippen MR) is 142 cm³/mol. The number of para-hydroxylation sites is 2. The van der Waals surface area contributed by atoms with Crippen molar-refractivity contribution in [3.05, 3.63) is 84.4 Å². The van der Waals surface area contributed by atoms with Gasteiger partial charge in [-0.25, -0.2) is 0 Å². The number of carbonyl (C=O) groups is 3. The first-order chi connectivity index (χ1) is 18.5. The maximum atomic E-state index is 13.6. The number of carbonyl (C=O) groups excluding carboxylic acids is 3. The molecule has 194 valence electrons. The molecule has 2 bridgehead atoms. The summed E-state index contributed by atoms with van der Waals surface area (Å²) in [6, 6.07) is 23.0. The van der Waals surface area contributed by atoms with E-state index in [1.165, 1.54) is 4.90 Å². The number of amides is 3. The number of nitrogens with zero attached hydrogens (tertiary/aromatic N) is 1. The molecule has 38 heavy (non-hydrogen) atoms. The predicted octanol–water partition coefficient (Wildman–Crippen LogP) is 5.07. The van der Waals surface area contributed by atoms with Crippen molar-refractivity contribution in [2.75, 3.05) is 12.4 Å². The maximum absolute atomic E-state index is 13.6. The molecule has 7 heteroatoms. The van der Waals surface area contributed by atoms with E-state index in [9.17, 15) is 14.4 Å². The second-order valence-electron chi connectivity index (χ2n) is 10.4. The highest BCUT2D eigenvalue weighted by Crippen LogP contribution is 2.56. The number of hydrogen-bond donors (Lipinski definition) is 1. The molecule has 0 unspecified atom stereocenters. The summed E-state index contributed by atoms with van der Waals surface area (Å²) >= 11 is 0. The fraction of sp³-hybridized carbons (Fsp3) is 0.323. The number of ether oxygens (including phenoxy) is 2. The Balaban J connectivity index is 1.22. The van der Waals surface area contributed by atoms with Crippen molar-refractivity contribution in [3.8, 4) is 17.2 Å². The van der Waals surface area contributed by atoms with Crippen LogP contribution in [0.15, 0.2) is 78.9 Å². The molecule has 3 aromatic rings. The van der Waals surface area contributed by atoms with Crippen LogP contribution in [0, 0.1) is 23.7 Å². The van der Waals surface area contributed by atoms with Crippen LogP contribution in [0.2, 0.25) is 0 Å². The second-order valence-corrected chi connectivity index (χ2v) is 10.4. The summed E-state index contributed by atoms with van der Waals surface area (Å²) in [6.45, 7) is 0. The monoisotopic (exact) mass is 510 g/mol. The Morgan fingerprint density at radius 3 is 2.11 bits per heavy atom. The molecule has 3 aromatic carbocycles. The third-order valence-corrected chi connectivity index (χ3v) is 8.27. The molecule has 1 aliphatic heterocycles. The number of hydrogen-bond acceptors (Lipinski definition) is 5. The highest BCUT2D eigenvalue weighted by atomic mass is 16.5. The molecule has 3 amide bonds. The lowest BCUT2D eigenvalue weighted by Gasteiger charge is -2.27. The molecule has 1 heterocycles. The van der Waals surface area contributed by atoms with Gasteiger partial charge in [0, 0.05) is 12.1 Å². The first-order valence-electron chi connectivity index (χ1n) is 13.2. The van der Waals surface area contributed by atoms with Gasteiger partial charge >= 0.3 is 0 Å². The minimum atomic E-state index is -0.910. The Kier molecular flexibility index (Phi) is 6.35. The zero-order valence-electron chi connectivity index (χ0n) is 21.2. The minimum absolute atomic E-state index is 0.177. The normalized spacial score (nSPS) is 24.3. The van der Waals surface area contributed by atoms with E-state index in [2.05, 4.69) is 5.32 Å². The number of nitrogens with one attached hydrogen (secondary N) is 1. The zero-order chi connectivity index (χ0) is 26.2. The van der Waals surface area contributed by atoms with Crippen molar-refractivity contribution < 1.29 is 23.9 Å².